The third-order valence-electron chi connectivity index (χ3n) is 4.38. The number of carbonyl (C=O) groups is 2. The van der Waals surface area contributed by atoms with E-state index in [1.165, 1.54) is 12.1 Å². The van der Waals surface area contributed by atoms with Gasteiger partial charge in [-0.05, 0) is 35.9 Å². The van der Waals surface area contributed by atoms with Crippen molar-refractivity contribution < 1.29 is 14.7 Å². The van der Waals surface area contributed by atoms with Crippen LogP contribution in [-0.4, -0.2) is 26.8 Å². The Balaban J connectivity index is 2.03. The molecule has 1 heterocycles. The van der Waals surface area contributed by atoms with Crippen molar-refractivity contribution >= 4 is 35.1 Å². The van der Waals surface area contributed by atoms with Crippen molar-refractivity contribution in [1.29, 1.82) is 0 Å². The van der Waals surface area contributed by atoms with Gasteiger partial charge < -0.3 is 10.4 Å². The molecule has 3 rings (SSSR count). The van der Waals surface area contributed by atoms with Crippen molar-refractivity contribution in [3.8, 4) is 18.0 Å². The minimum absolute atomic E-state index is 0.0216. The number of hydrogen-bond acceptors (Lipinski definition) is 3. The molecule has 1 atom stereocenters. The third kappa shape index (κ3) is 3.97. The van der Waals surface area contributed by atoms with Crippen LogP contribution in [-0.2, 0) is 10.3 Å². The summed E-state index contributed by atoms with van der Waals surface area (Å²) in [5, 5.41) is 16.9. The SMILES string of the molecule is C#CCC(NC(=O)c1c(Cl)cccc1Cl)(C(=O)O)c1ccc(-n2cccn2)cc1. The van der Waals surface area contributed by atoms with Gasteiger partial charge in [0, 0.05) is 18.8 Å². The number of carbonyl (C=O) groups excluding carboxylic acids is 1. The van der Waals surface area contributed by atoms with Crippen LogP contribution in [0.4, 0.5) is 0 Å². The molecule has 29 heavy (non-hydrogen) atoms. The lowest BCUT2D eigenvalue weighted by atomic mass is 9.86. The number of carboxylic acid groups (broad SMARTS) is 1. The van der Waals surface area contributed by atoms with E-state index in [1.807, 2.05) is 0 Å². The summed E-state index contributed by atoms with van der Waals surface area (Å²) in [5.74, 6) is 0.290. The highest BCUT2D eigenvalue weighted by Gasteiger charge is 2.42. The van der Waals surface area contributed by atoms with Gasteiger partial charge in [0.05, 0.1) is 21.3 Å². The second-order valence-corrected chi connectivity index (χ2v) is 6.95. The molecule has 0 saturated heterocycles. The molecule has 0 radical (unpaired) electrons. The zero-order valence-corrected chi connectivity index (χ0v) is 16.5. The second-order valence-electron chi connectivity index (χ2n) is 6.14. The summed E-state index contributed by atoms with van der Waals surface area (Å²) in [6.45, 7) is 0. The largest absolute Gasteiger partial charge is 0.479 e. The monoisotopic (exact) mass is 427 g/mol. The van der Waals surface area contributed by atoms with Crippen molar-refractivity contribution in [2.45, 2.75) is 12.0 Å². The maximum absolute atomic E-state index is 12.9. The first-order valence-electron chi connectivity index (χ1n) is 8.43. The number of carboxylic acids is 1. The lowest BCUT2D eigenvalue weighted by molar-refractivity contribution is -0.144. The molecule has 0 bridgehead atoms. The highest BCUT2D eigenvalue weighted by Crippen LogP contribution is 2.30. The van der Waals surface area contributed by atoms with E-state index in [2.05, 4.69) is 16.3 Å². The number of aromatic nitrogens is 2. The lowest BCUT2D eigenvalue weighted by Crippen LogP contribution is -2.51. The van der Waals surface area contributed by atoms with Gasteiger partial charge in [-0.3, -0.25) is 4.79 Å². The molecule has 2 N–H and O–H groups in total. The number of halogens is 2. The number of aliphatic carboxylic acids is 1. The minimum Gasteiger partial charge on any atom is -0.479 e. The van der Waals surface area contributed by atoms with E-state index in [4.69, 9.17) is 29.6 Å². The zero-order valence-electron chi connectivity index (χ0n) is 15.0. The minimum atomic E-state index is -1.86. The van der Waals surface area contributed by atoms with Gasteiger partial charge >= 0.3 is 5.97 Å². The second kappa shape index (κ2) is 8.39. The Morgan fingerprint density at radius 3 is 2.31 bits per heavy atom. The van der Waals surface area contributed by atoms with Gasteiger partial charge in [0.1, 0.15) is 0 Å². The fraction of sp³-hybridized carbons (Fsp3) is 0.0952. The van der Waals surface area contributed by atoms with Gasteiger partial charge in [0.15, 0.2) is 5.54 Å². The number of benzene rings is 2. The first-order valence-corrected chi connectivity index (χ1v) is 9.18. The summed E-state index contributed by atoms with van der Waals surface area (Å²) >= 11 is 12.2. The molecule has 3 aromatic rings. The standard InChI is InChI=1S/C21H15Cl2N3O3/c1-2-11-21(20(28)29,25-19(27)18-16(22)5-3-6-17(18)23)14-7-9-15(10-8-14)26-13-4-12-24-26/h1,3-10,12-13H,11H2,(H,25,27)(H,28,29). The molecule has 0 aliphatic carbocycles. The Hall–Kier alpha value is -3.27. The Morgan fingerprint density at radius 2 is 1.79 bits per heavy atom. The summed E-state index contributed by atoms with van der Waals surface area (Å²) in [5.41, 5.74) is -0.863. The van der Waals surface area contributed by atoms with Crippen LogP contribution < -0.4 is 5.32 Å². The fourth-order valence-corrected chi connectivity index (χ4v) is 3.48. The van der Waals surface area contributed by atoms with Gasteiger partial charge in [-0.25, -0.2) is 9.48 Å². The van der Waals surface area contributed by atoms with E-state index in [9.17, 15) is 14.7 Å². The van der Waals surface area contributed by atoms with E-state index < -0.39 is 17.4 Å². The number of nitrogens with zero attached hydrogens (tertiary/aromatic N) is 2. The molecule has 146 valence electrons. The van der Waals surface area contributed by atoms with Crippen LogP contribution in [0.25, 0.3) is 5.69 Å². The molecule has 6 nitrogen and oxygen atoms in total. The van der Waals surface area contributed by atoms with Crippen LogP contribution in [0.15, 0.2) is 60.9 Å². The van der Waals surface area contributed by atoms with Gasteiger partial charge in [0.2, 0.25) is 0 Å². The third-order valence-corrected chi connectivity index (χ3v) is 5.01. The van der Waals surface area contributed by atoms with Gasteiger partial charge in [-0.15, -0.1) is 12.3 Å². The number of hydrogen-bond donors (Lipinski definition) is 2. The van der Waals surface area contributed by atoms with Crippen molar-refractivity contribution in [2.24, 2.45) is 0 Å². The molecule has 0 saturated carbocycles. The Kier molecular flexibility index (Phi) is 5.92. The Morgan fingerprint density at radius 1 is 1.14 bits per heavy atom. The van der Waals surface area contributed by atoms with E-state index in [-0.39, 0.29) is 22.0 Å². The van der Waals surface area contributed by atoms with Crippen molar-refractivity contribution in [3.05, 3.63) is 82.1 Å². The van der Waals surface area contributed by atoms with Crippen LogP contribution >= 0.6 is 23.2 Å². The number of terminal acetylenes is 1. The number of rotatable bonds is 6. The first kappa shape index (κ1) is 20.5. The fourth-order valence-electron chi connectivity index (χ4n) is 2.92. The quantitative estimate of drug-likeness (QED) is 0.584. The average Bonchev–Trinajstić information content (AvgIpc) is 3.22. The maximum Gasteiger partial charge on any atom is 0.335 e. The predicted molar refractivity (Wildman–Crippen MR) is 110 cm³/mol. The topological polar surface area (TPSA) is 84.2 Å². The van der Waals surface area contributed by atoms with Crippen LogP contribution in [0.1, 0.15) is 22.3 Å². The van der Waals surface area contributed by atoms with Gasteiger partial charge in [-0.1, -0.05) is 41.4 Å². The highest BCUT2D eigenvalue weighted by atomic mass is 35.5. The Bertz CT molecular complexity index is 1070. The smallest absolute Gasteiger partial charge is 0.335 e. The van der Waals surface area contributed by atoms with Crippen LogP contribution in [0.3, 0.4) is 0 Å². The molecule has 1 amide bonds. The summed E-state index contributed by atoms with van der Waals surface area (Å²) in [6.07, 6.45) is 8.54. The van der Waals surface area contributed by atoms with Crippen LogP contribution in [0.2, 0.25) is 10.0 Å². The average molecular weight is 428 g/mol. The molecule has 1 unspecified atom stereocenters. The lowest BCUT2D eigenvalue weighted by Gasteiger charge is -2.30. The molecule has 1 aromatic heterocycles. The molecular formula is C21H15Cl2N3O3. The van der Waals surface area contributed by atoms with Crippen molar-refractivity contribution in [3.63, 3.8) is 0 Å². The zero-order chi connectivity index (χ0) is 21.0. The molecular weight excluding hydrogens is 413 g/mol. The number of amides is 1. The van der Waals surface area contributed by atoms with Gasteiger partial charge in [-0.2, -0.15) is 5.10 Å². The molecule has 0 aliphatic rings. The molecule has 2 aromatic carbocycles. The highest BCUT2D eigenvalue weighted by molar-refractivity contribution is 6.39. The van der Waals surface area contributed by atoms with Crippen LogP contribution in [0.5, 0.6) is 0 Å². The predicted octanol–water partition coefficient (Wildman–Crippen LogP) is 3.91. The Labute approximate surface area is 177 Å². The van der Waals surface area contributed by atoms with E-state index in [0.717, 1.165) is 5.69 Å². The number of nitrogens with one attached hydrogen (secondary N) is 1. The summed E-state index contributed by atoms with van der Waals surface area (Å²) < 4.78 is 1.62. The van der Waals surface area contributed by atoms with E-state index >= 15 is 0 Å². The van der Waals surface area contributed by atoms with Crippen LogP contribution in [0, 0.1) is 12.3 Å². The first-order chi connectivity index (χ1) is 13.9. The molecule has 0 aliphatic heterocycles. The molecule has 0 fully saturated rings. The van der Waals surface area contributed by atoms with Gasteiger partial charge in [0.25, 0.3) is 5.91 Å². The maximum atomic E-state index is 12.9. The van der Waals surface area contributed by atoms with Crippen molar-refractivity contribution in [1.82, 2.24) is 15.1 Å². The normalized spacial score (nSPS) is 12.6. The molecule has 8 heteroatoms. The summed E-state index contributed by atoms with van der Waals surface area (Å²) in [6, 6.07) is 12.9. The molecule has 0 spiro atoms. The van der Waals surface area contributed by atoms with E-state index in [0.29, 0.717) is 5.56 Å². The summed E-state index contributed by atoms with van der Waals surface area (Å²) in [7, 11) is 0. The van der Waals surface area contributed by atoms with E-state index in [1.54, 1.807) is 53.5 Å². The summed E-state index contributed by atoms with van der Waals surface area (Å²) in [4.78, 5) is 25.2. The van der Waals surface area contributed by atoms with Crippen molar-refractivity contribution in [2.75, 3.05) is 0 Å².